The van der Waals surface area contributed by atoms with Gasteiger partial charge in [-0.05, 0) is 32.1 Å². The van der Waals surface area contributed by atoms with Crippen LogP contribution >= 0.6 is 0 Å². The number of carbonyl (C=O) groups is 1. The number of hydrogen-bond donors (Lipinski definition) is 3. The molecule has 0 aromatic carbocycles. The van der Waals surface area contributed by atoms with Gasteiger partial charge >= 0.3 is 0 Å². The van der Waals surface area contributed by atoms with E-state index in [0.717, 1.165) is 32.4 Å². The minimum Gasteiger partial charge on any atom is -0.378 e. The Balaban J connectivity index is 1.50. The molecular weight excluding hydrogens is 316 g/mol. The van der Waals surface area contributed by atoms with Crippen molar-refractivity contribution < 1.29 is 9.53 Å². The summed E-state index contributed by atoms with van der Waals surface area (Å²) in [5.41, 5.74) is 0. The first-order valence-corrected chi connectivity index (χ1v) is 10.1. The molecule has 2 rings (SSSR count). The molecule has 0 unspecified atom stereocenters. The van der Waals surface area contributed by atoms with Gasteiger partial charge in [0.15, 0.2) is 5.96 Å². The smallest absolute Gasteiger partial charge is 0.239 e. The number of nitrogens with one attached hydrogen (secondary N) is 3. The number of guanidine groups is 1. The van der Waals surface area contributed by atoms with Crippen LogP contribution in [0.3, 0.4) is 0 Å². The van der Waals surface area contributed by atoms with Crippen molar-refractivity contribution in [1.29, 1.82) is 0 Å². The minimum atomic E-state index is 0.0514. The fourth-order valence-electron chi connectivity index (χ4n) is 3.67. The number of nitrogens with zero attached hydrogens (tertiary/aromatic N) is 1. The van der Waals surface area contributed by atoms with Gasteiger partial charge in [0.1, 0.15) is 0 Å². The molecule has 2 aliphatic carbocycles. The Kier molecular flexibility index (Phi) is 9.70. The predicted molar refractivity (Wildman–Crippen MR) is 102 cm³/mol. The summed E-state index contributed by atoms with van der Waals surface area (Å²) in [6.45, 7) is 1.86. The van der Waals surface area contributed by atoms with Crippen LogP contribution in [0.15, 0.2) is 4.99 Å². The predicted octanol–water partition coefficient (Wildman–Crippen LogP) is 2.34. The second-order valence-corrected chi connectivity index (χ2v) is 7.24. The summed E-state index contributed by atoms with van der Waals surface area (Å²) in [5, 5.41) is 9.44. The van der Waals surface area contributed by atoms with Crippen LogP contribution in [-0.2, 0) is 9.53 Å². The first kappa shape index (κ1) is 20.0. The molecule has 144 valence electrons. The van der Waals surface area contributed by atoms with E-state index in [9.17, 15) is 4.79 Å². The van der Waals surface area contributed by atoms with Crippen molar-refractivity contribution in [2.24, 2.45) is 4.99 Å². The Morgan fingerprint density at radius 2 is 1.68 bits per heavy atom. The Morgan fingerprint density at radius 3 is 2.36 bits per heavy atom. The van der Waals surface area contributed by atoms with Crippen molar-refractivity contribution in [3.05, 3.63) is 0 Å². The van der Waals surface area contributed by atoms with Gasteiger partial charge < -0.3 is 20.7 Å². The van der Waals surface area contributed by atoms with Gasteiger partial charge in [0.05, 0.1) is 12.6 Å². The molecule has 0 radical (unpaired) electrons. The molecule has 0 aliphatic heterocycles. The third kappa shape index (κ3) is 8.56. The Bertz CT molecular complexity index is 402. The van der Waals surface area contributed by atoms with E-state index in [4.69, 9.17) is 4.74 Å². The van der Waals surface area contributed by atoms with Gasteiger partial charge in [-0.25, -0.2) is 0 Å². The Morgan fingerprint density at radius 1 is 1.00 bits per heavy atom. The number of carbonyl (C=O) groups excluding carboxylic acids is 1. The molecule has 1 amide bonds. The van der Waals surface area contributed by atoms with Gasteiger partial charge in [-0.15, -0.1) is 0 Å². The maximum absolute atomic E-state index is 12.0. The molecule has 2 saturated carbocycles. The van der Waals surface area contributed by atoms with E-state index in [1.54, 1.807) is 7.05 Å². The molecule has 0 atom stereocenters. The largest absolute Gasteiger partial charge is 0.378 e. The van der Waals surface area contributed by atoms with Crippen molar-refractivity contribution in [1.82, 2.24) is 16.0 Å². The quantitative estimate of drug-likeness (QED) is 0.356. The highest BCUT2D eigenvalue weighted by molar-refractivity contribution is 5.86. The molecule has 2 aliphatic rings. The molecule has 0 aromatic rings. The van der Waals surface area contributed by atoms with Crippen LogP contribution in [0.2, 0.25) is 0 Å². The average molecular weight is 353 g/mol. The topological polar surface area (TPSA) is 74.8 Å². The zero-order valence-electron chi connectivity index (χ0n) is 15.8. The number of rotatable bonds is 8. The Hall–Kier alpha value is -1.30. The molecule has 25 heavy (non-hydrogen) atoms. The summed E-state index contributed by atoms with van der Waals surface area (Å²) in [6.07, 6.45) is 13.8. The summed E-state index contributed by atoms with van der Waals surface area (Å²) in [7, 11) is 1.73. The van der Waals surface area contributed by atoms with E-state index in [1.165, 1.54) is 51.4 Å². The van der Waals surface area contributed by atoms with E-state index in [2.05, 4.69) is 20.9 Å². The maximum atomic E-state index is 12.0. The fraction of sp³-hybridized carbons (Fsp3) is 0.895. The second-order valence-electron chi connectivity index (χ2n) is 7.24. The van der Waals surface area contributed by atoms with Crippen molar-refractivity contribution in [2.75, 3.05) is 26.7 Å². The van der Waals surface area contributed by atoms with E-state index in [-0.39, 0.29) is 12.5 Å². The molecular formula is C19H36N4O2. The zero-order chi connectivity index (χ0) is 17.7. The molecule has 3 N–H and O–H groups in total. The van der Waals surface area contributed by atoms with E-state index < -0.39 is 0 Å². The van der Waals surface area contributed by atoms with E-state index >= 15 is 0 Å². The lowest BCUT2D eigenvalue weighted by Crippen LogP contribution is -2.46. The van der Waals surface area contributed by atoms with Crippen molar-refractivity contribution >= 4 is 11.9 Å². The summed E-state index contributed by atoms with van der Waals surface area (Å²) in [4.78, 5) is 16.2. The number of aliphatic imine (C=N–C) groups is 1. The maximum Gasteiger partial charge on any atom is 0.239 e. The van der Waals surface area contributed by atoms with Crippen LogP contribution in [0.4, 0.5) is 0 Å². The SMILES string of the molecule is CN=C(NCCCOC1CCCCC1)NCC(=O)NC1CCCCC1. The summed E-state index contributed by atoms with van der Waals surface area (Å²) >= 11 is 0. The molecule has 0 aromatic heterocycles. The molecule has 0 spiro atoms. The van der Waals surface area contributed by atoms with Gasteiger partial charge in [0.2, 0.25) is 5.91 Å². The van der Waals surface area contributed by atoms with Gasteiger partial charge in [0.25, 0.3) is 0 Å². The Labute approximate surface area is 152 Å². The van der Waals surface area contributed by atoms with Crippen molar-refractivity contribution in [3.63, 3.8) is 0 Å². The highest BCUT2D eigenvalue weighted by atomic mass is 16.5. The molecule has 0 heterocycles. The monoisotopic (exact) mass is 352 g/mol. The summed E-state index contributed by atoms with van der Waals surface area (Å²) in [6, 6.07) is 0.356. The normalized spacial score (nSPS) is 20.3. The van der Waals surface area contributed by atoms with Crippen molar-refractivity contribution in [3.8, 4) is 0 Å². The standard InChI is InChI=1S/C19H36N4O2/c1-20-19(21-13-8-14-25-17-11-6-3-7-12-17)22-15-18(24)23-16-9-4-2-5-10-16/h16-17H,2-15H2,1H3,(H,23,24)(H2,20,21,22). The van der Waals surface area contributed by atoms with Gasteiger partial charge in [0, 0.05) is 26.2 Å². The van der Waals surface area contributed by atoms with Gasteiger partial charge in [-0.2, -0.15) is 0 Å². The average Bonchev–Trinajstić information content (AvgIpc) is 2.65. The lowest BCUT2D eigenvalue weighted by Gasteiger charge is -2.23. The first-order valence-electron chi connectivity index (χ1n) is 10.1. The van der Waals surface area contributed by atoms with E-state index in [0.29, 0.717) is 18.1 Å². The zero-order valence-corrected chi connectivity index (χ0v) is 15.8. The van der Waals surface area contributed by atoms with Crippen LogP contribution in [0.5, 0.6) is 0 Å². The fourth-order valence-corrected chi connectivity index (χ4v) is 3.67. The lowest BCUT2D eigenvalue weighted by atomic mass is 9.95. The number of ether oxygens (including phenoxy) is 1. The second kappa shape index (κ2) is 12.1. The van der Waals surface area contributed by atoms with Gasteiger partial charge in [-0.3, -0.25) is 9.79 Å². The minimum absolute atomic E-state index is 0.0514. The number of hydrogen-bond acceptors (Lipinski definition) is 3. The van der Waals surface area contributed by atoms with Crippen LogP contribution in [0.25, 0.3) is 0 Å². The first-order chi connectivity index (χ1) is 12.3. The van der Waals surface area contributed by atoms with E-state index in [1.807, 2.05) is 0 Å². The van der Waals surface area contributed by atoms with Crippen LogP contribution < -0.4 is 16.0 Å². The summed E-state index contributed by atoms with van der Waals surface area (Å²) < 4.78 is 5.92. The molecule has 6 nitrogen and oxygen atoms in total. The molecule has 6 heteroatoms. The molecule has 2 fully saturated rings. The third-order valence-corrected chi connectivity index (χ3v) is 5.13. The highest BCUT2D eigenvalue weighted by Crippen LogP contribution is 2.20. The summed E-state index contributed by atoms with van der Waals surface area (Å²) in [5.74, 6) is 0.729. The third-order valence-electron chi connectivity index (χ3n) is 5.13. The van der Waals surface area contributed by atoms with Crippen LogP contribution in [0, 0.1) is 0 Å². The lowest BCUT2D eigenvalue weighted by molar-refractivity contribution is -0.120. The van der Waals surface area contributed by atoms with Crippen LogP contribution in [-0.4, -0.2) is 50.8 Å². The van der Waals surface area contributed by atoms with Gasteiger partial charge in [-0.1, -0.05) is 38.5 Å². The highest BCUT2D eigenvalue weighted by Gasteiger charge is 2.16. The van der Waals surface area contributed by atoms with Crippen LogP contribution in [0.1, 0.15) is 70.6 Å². The molecule has 0 bridgehead atoms. The number of amides is 1. The molecule has 0 saturated heterocycles. The van der Waals surface area contributed by atoms with Crippen molar-refractivity contribution in [2.45, 2.75) is 82.8 Å².